The lowest BCUT2D eigenvalue weighted by molar-refractivity contribution is -0.123. The van der Waals surface area contributed by atoms with Crippen LogP contribution in [0.2, 0.25) is 0 Å². The van der Waals surface area contributed by atoms with Crippen LogP contribution in [0.4, 0.5) is 0 Å². The van der Waals surface area contributed by atoms with Crippen molar-refractivity contribution < 1.29 is 4.79 Å². The van der Waals surface area contributed by atoms with Crippen LogP contribution >= 0.6 is 0 Å². The summed E-state index contributed by atoms with van der Waals surface area (Å²) in [7, 11) is 0. The van der Waals surface area contributed by atoms with Crippen molar-refractivity contribution in [3.63, 3.8) is 0 Å². The minimum absolute atomic E-state index is 0.118. The SMILES string of the molecule is CC(C)c1nncc2c1C1CCC2CC1=O. The van der Waals surface area contributed by atoms with Gasteiger partial charge in [-0.2, -0.15) is 10.2 Å². The van der Waals surface area contributed by atoms with Crippen LogP contribution in [0.5, 0.6) is 0 Å². The van der Waals surface area contributed by atoms with Crippen LogP contribution in [0.3, 0.4) is 0 Å². The summed E-state index contributed by atoms with van der Waals surface area (Å²) in [6, 6.07) is 0. The van der Waals surface area contributed by atoms with Crippen molar-refractivity contribution in [3.8, 4) is 0 Å². The zero-order valence-corrected chi connectivity index (χ0v) is 9.73. The lowest BCUT2D eigenvalue weighted by atomic mass is 9.66. The summed E-state index contributed by atoms with van der Waals surface area (Å²) in [5.74, 6) is 1.31. The number of carbonyl (C=O) groups is 1. The van der Waals surface area contributed by atoms with Gasteiger partial charge in [0, 0.05) is 12.3 Å². The molecule has 1 fully saturated rings. The van der Waals surface area contributed by atoms with Gasteiger partial charge in [-0.05, 0) is 35.8 Å². The molecule has 1 heterocycles. The van der Waals surface area contributed by atoms with E-state index in [1.54, 1.807) is 0 Å². The Morgan fingerprint density at radius 3 is 2.88 bits per heavy atom. The first-order valence-corrected chi connectivity index (χ1v) is 6.06. The molecule has 3 aliphatic carbocycles. The fraction of sp³-hybridized carbons (Fsp3) is 0.615. The van der Waals surface area contributed by atoms with Crippen LogP contribution in [0.25, 0.3) is 0 Å². The lowest BCUT2D eigenvalue weighted by Crippen LogP contribution is -2.32. The summed E-state index contributed by atoms with van der Waals surface area (Å²) in [5, 5.41) is 8.34. The lowest BCUT2D eigenvalue weighted by Gasteiger charge is -2.37. The molecule has 0 aromatic carbocycles. The second kappa shape index (κ2) is 3.37. The molecule has 0 saturated heterocycles. The number of aromatic nitrogens is 2. The van der Waals surface area contributed by atoms with Gasteiger partial charge in [0.2, 0.25) is 0 Å². The van der Waals surface area contributed by atoms with Crippen molar-refractivity contribution in [2.75, 3.05) is 0 Å². The third kappa shape index (κ3) is 1.24. The van der Waals surface area contributed by atoms with Crippen LogP contribution in [0, 0.1) is 0 Å². The topological polar surface area (TPSA) is 42.9 Å². The van der Waals surface area contributed by atoms with E-state index in [0.29, 0.717) is 17.6 Å². The van der Waals surface area contributed by atoms with Crippen LogP contribution in [-0.4, -0.2) is 16.0 Å². The smallest absolute Gasteiger partial charge is 0.141 e. The summed E-state index contributed by atoms with van der Waals surface area (Å²) in [6.45, 7) is 4.24. The number of Topliss-reactive ketones (excluding diaryl/α,β-unsaturated/α-hetero) is 1. The summed E-state index contributed by atoms with van der Waals surface area (Å²) in [4.78, 5) is 11.9. The highest BCUT2D eigenvalue weighted by atomic mass is 16.1. The highest BCUT2D eigenvalue weighted by Crippen LogP contribution is 2.48. The zero-order chi connectivity index (χ0) is 11.3. The predicted octanol–water partition coefficient (Wildman–Crippen LogP) is 2.53. The van der Waals surface area contributed by atoms with Crippen molar-refractivity contribution in [1.29, 1.82) is 0 Å². The molecule has 2 bridgehead atoms. The van der Waals surface area contributed by atoms with Crippen LogP contribution in [0.1, 0.15) is 67.7 Å². The fourth-order valence-corrected chi connectivity index (χ4v) is 3.14. The molecule has 2 unspecified atom stereocenters. The molecule has 1 saturated carbocycles. The van der Waals surface area contributed by atoms with Gasteiger partial charge in [-0.1, -0.05) is 13.8 Å². The van der Waals surface area contributed by atoms with E-state index in [-0.39, 0.29) is 5.92 Å². The van der Waals surface area contributed by atoms with Crippen LogP contribution in [0.15, 0.2) is 6.20 Å². The maximum absolute atomic E-state index is 11.9. The van der Waals surface area contributed by atoms with Gasteiger partial charge in [0.1, 0.15) is 5.78 Å². The first-order valence-electron chi connectivity index (χ1n) is 6.06. The molecular weight excluding hydrogens is 200 g/mol. The zero-order valence-electron chi connectivity index (χ0n) is 9.73. The number of hydrogen-bond acceptors (Lipinski definition) is 3. The molecule has 1 aromatic rings. The average molecular weight is 216 g/mol. The van der Waals surface area contributed by atoms with Gasteiger partial charge in [-0.3, -0.25) is 4.79 Å². The molecule has 0 radical (unpaired) electrons. The van der Waals surface area contributed by atoms with Gasteiger partial charge in [0.25, 0.3) is 0 Å². The largest absolute Gasteiger partial charge is 0.299 e. The molecule has 1 aromatic heterocycles. The van der Waals surface area contributed by atoms with Gasteiger partial charge in [0.05, 0.1) is 11.9 Å². The van der Waals surface area contributed by atoms with Gasteiger partial charge in [0.15, 0.2) is 0 Å². The fourth-order valence-electron chi connectivity index (χ4n) is 3.14. The van der Waals surface area contributed by atoms with Crippen molar-refractivity contribution in [1.82, 2.24) is 10.2 Å². The van der Waals surface area contributed by atoms with Crippen molar-refractivity contribution >= 4 is 5.78 Å². The van der Waals surface area contributed by atoms with Crippen LogP contribution in [-0.2, 0) is 4.79 Å². The molecule has 3 nitrogen and oxygen atoms in total. The Kier molecular flexibility index (Phi) is 2.09. The minimum atomic E-state index is 0.118. The van der Waals surface area contributed by atoms with E-state index in [9.17, 15) is 4.79 Å². The molecular formula is C13H16N2O. The van der Waals surface area contributed by atoms with Crippen LogP contribution < -0.4 is 0 Å². The molecule has 0 spiro atoms. The third-order valence-electron chi connectivity index (χ3n) is 3.92. The summed E-state index contributed by atoms with van der Waals surface area (Å²) < 4.78 is 0. The van der Waals surface area contributed by atoms with E-state index >= 15 is 0 Å². The van der Waals surface area contributed by atoms with Gasteiger partial charge >= 0.3 is 0 Å². The summed E-state index contributed by atoms with van der Waals surface area (Å²) in [5.41, 5.74) is 3.56. The Bertz CT molecular complexity index is 439. The Labute approximate surface area is 95.3 Å². The average Bonchev–Trinajstić information content (AvgIpc) is 2.29. The Morgan fingerprint density at radius 1 is 1.38 bits per heavy atom. The Morgan fingerprint density at radius 2 is 2.19 bits per heavy atom. The van der Waals surface area contributed by atoms with E-state index in [0.717, 1.165) is 25.0 Å². The molecule has 0 aliphatic heterocycles. The van der Waals surface area contributed by atoms with Crippen molar-refractivity contribution in [2.24, 2.45) is 0 Å². The van der Waals surface area contributed by atoms with Gasteiger partial charge in [-0.15, -0.1) is 0 Å². The van der Waals surface area contributed by atoms with E-state index < -0.39 is 0 Å². The second-order valence-corrected chi connectivity index (χ2v) is 5.25. The molecule has 2 atom stereocenters. The van der Waals surface area contributed by atoms with E-state index in [1.807, 2.05) is 6.20 Å². The normalized spacial score (nSPS) is 27.3. The first kappa shape index (κ1) is 9.94. The second-order valence-electron chi connectivity index (χ2n) is 5.25. The summed E-state index contributed by atoms with van der Waals surface area (Å²) >= 11 is 0. The standard InChI is InChI=1S/C13H16N2O/c1-7(2)13-12-9-4-3-8(5-11(9)16)10(12)6-14-15-13/h6-9H,3-5H2,1-2H3. The number of carbonyl (C=O) groups excluding carboxylic acids is 1. The van der Waals surface area contributed by atoms with E-state index in [2.05, 4.69) is 24.0 Å². The molecule has 84 valence electrons. The predicted molar refractivity (Wildman–Crippen MR) is 60.5 cm³/mol. The maximum Gasteiger partial charge on any atom is 0.141 e. The Balaban J connectivity index is 2.22. The van der Waals surface area contributed by atoms with Gasteiger partial charge < -0.3 is 0 Å². The monoisotopic (exact) mass is 216 g/mol. The maximum atomic E-state index is 11.9. The summed E-state index contributed by atoms with van der Waals surface area (Å²) in [6.07, 6.45) is 4.76. The highest BCUT2D eigenvalue weighted by molar-refractivity contribution is 5.90. The third-order valence-corrected chi connectivity index (χ3v) is 3.92. The number of hydrogen-bond donors (Lipinski definition) is 0. The molecule has 4 rings (SSSR count). The molecule has 3 aliphatic rings. The number of rotatable bonds is 1. The van der Waals surface area contributed by atoms with Crippen molar-refractivity contribution in [2.45, 2.75) is 50.9 Å². The number of ketones is 1. The highest BCUT2D eigenvalue weighted by Gasteiger charge is 2.41. The molecule has 3 heteroatoms. The van der Waals surface area contributed by atoms with E-state index in [1.165, 1.54) is 11.1 Å². The number of fused-ring (bicyclic) bond motifs is 2. The first-order chi connectivity index (χ1) is 7.68. The molecule has 16 heavy (non-hydrogen) atoms. The molecule has 0 N–H and O–H groups in total. The number of nitrogens with zero attached hydrogens (tertiary/aromatic N) is 2. The van der Waals surface area contributed by atoms with Crippen molar-refractivity contribution in [3.05, 3.63) is 23.0 Å². The quantitative estimate of drug-likeness (QED) is 0.724. The molecule has 0 amide bonds. The minimum Gasteiger partial charge on any atom is -0.299 e. The Hall–Kier alpha value is -1.25. The van der Waals surface area contributed by atoms with Gasteiger partial charge in [-0.25, -0.2) is 0 Å². The van der Waals surface area contributed by atoms with E-state index in [4.69, 9.17) is 0 Å².